The molecule has 27 heavy (non-hydrogen) atoms. The van der Waals surface area contributed by atoms with E-state index in [-0.39, 0.29) is 17.8 Å². The smallest absolute Gasteiger partial charge is 0.257 e. The standard InChI is InChI=1S/C21H23F2N3O/c1-3-4-5-13(2)25-19-9-7-15(11-18(19)23)24-12-17-16-8-6-14(22)10-20(16)26-21(17)27/h6-13,24-25H,3-5H2,1-2H3,(H,26,27). The summed E-state index contributed by atoms with van der Waals surface area (Å²) in [5.41, 5.74) is 2.39. The average molecular weight is 371 g/mol. The summed E-state index contributed by atoms with van der Waals surface area (Å²) < 4.78 is 27.6. The van der Waals surface area contributed by atoms with Crippen molar-refractivity contribution in [1.29, 1.82) is 0 Å². The topological polar surface area (TPSA) is 53.2 Å². The number of nitrogens with one attached hydrogen (secondary N) is 3. The van der Waals surface area contributed by atoms with Gasteiger partial charge in [-0.1, -0.05) is 19.8 Å². The van der Waals surface area contributed by atoms with Crippen LogP contribution < -0.4 is 16.0 Å². The van der Waals surface area contributed by atoms with Crippen LogP contribution in [-0.4, -0.2) is 11.9 Å². The van der Waals surface area contributed by atoms with E-state index in [2.05, 4.69) is 22.9 Å². The largest absolute Gasteiger partial charge is 0.380 e. The van der Waals surface area contributed by atoms with E-state index in [0.29, 0.717) is 28.2 Å². The van der Waals surface area contributed by atoms with E-state index in [1.807, 2.05) is 6.92 Å². The van der Waals surface area contributed by atoms with Crippen molar-refractivity contribution in [2.45, 2.75) is 39.2 Å². The molecule has 6 heteroatoms. The molecule has 2 aromatic carbocycles. The normalized spacial score (nSPS) is 15.4. The quantitative estimate of drug-likeness (QED) is 0.574. The number of hydrogen-bond donors (Lipinski definition) is 3. The molecule has 0 aromatic heterocycles. The van der Waals surface area contributed by atoms with Gasteiger partial charge in [-0.15, -0.1) is 0 Å². The van der Waals surface area contributed by atoms with Crippen LogP contribution in [0.3, 0.4) is 0 Å². The summed E-state index contributed by atoms with van der Waals surface area (Å²) >= 11 is 0. The van der Waals surface area contributed by atoms with E-state index >= 15 is 0 Å². The van der Waals surface area contributed by atoms with Gasteiger partial charge >= 0.3 is 0 Å². The van der Waals surface area contributed by atoms with Crippen molar-refractivity contribution >= 4 is 28.5 Å². The summed E-state index contributed by atoms with van der Waals surface area (Å²) in [7, 11) is 0. The predicted octanol–water partition coefficient (Wildman–Crippen LogP) is 5.36. The fourth-order valence-electron chi connectivity index (χ4n) is 3.04. The van der Waals surface area contributed by atoms with Crippen LogP contribution in [0.1, 0.15) is 38.7 Å². The molecule has 1 unspecified atom stereocenters. The lowest BCUT2D eigenvalue weighted by Crippen LogP contribution is -2.15. The molecule has 1 amide bonds. The second kappa shape index (κ2) is 8.20. The molecule has 0 fully saturated rings. The van der Waals surface area contributed by atoms with Gasteiger partial charge in [-0.3, -0.25) is 4.79 Å². The summed E-state index contributed by atoms with van der Waals surface area (Å²) in [4.78, 5) is 12.1. The van der Waals surface area contributed by atoms with Gasteiger partial charge in [-0.2, -0.15) is 0 Å². The number of halogens is 2. The van der Waals surface area contributed by atoms with Crippen LogP contribution in [0, 0.1) is 11.6 Å². The molecule has 1 heterocycles. The van der Waals surface area contributed by atoms with E-state index < -0.39 is 5.82 Å². The highest BCUT2D eigenvalue weighted by Crippen LogP contribution is 2.32. The Kier molecular flexibility index (Phi) is 5.74. The van der Waals surface area contributed by atoms with Crippen LogP contribution >= 0.6 is 0 Å². The molecule has 1 atom stereocenters. The van der Waals surface area contributed by atoms with E-state index in [1.54, 1.807) is 18.2 Å². The van der Waals surface area contributed by atoms with E-state index in [0.717, 1.165) is 19.3 Å². The lowest BCUT2D eigenvalue weighted by molar-refractivity contribution is -0.110. The van der Waals surface area contributed by atoms with Crippen molar-refractivity contribution in [2.75, 3.05) is 16.0 Å². The van der Waals surface area contributed by atoms with Crippen molar-refractivity contribution in [2.24, 2.45) is 0 Å². The van der Waals surface area contributed by atoms with E-state index in [9.17, 15) is 13.6 Å². The van der Waals surface area contributed by atoms with Crippen molar-refractivity contribution < 1.29 is 13.6 Å². The first-order valence-corrected chi connectivity index (χ1v) is 9.12. The zero-order valence-corrected chi connectivity index (χ0v) is 15.4. The Balaban J connectivity index is 1.71. The Labute approximate surface area is 157 Å². The van der Waals surface area contributed by atoms with Gasteiger partial charge in [-0.05, 0) is 49.7 Å². The Bertz CT molecular complexity index is 880. The highest BCUT2D eigenvalue weighted by molar-refractivity contribution is 6.31. The molecule has 0 bridgehead atoms. The molecule has 4 nitrogen and oxygen atoms in total. The van der Waals surface area contributed by atoms with Gasteiger partial charge in [0, 0.05) is 23.5 Å². The number of hydrogen-bond acceptors (Lipinski definition) is 3. The number of anilines is 3. The molecule has 0 aliphatic carbocycles. The number of carbonyl (C=O) groups is 1. The number of rotatable bonds is 7. The van der Waals surface area contributed by atoms with Crippen molar-refractivity contribution in [3.63, 3.8) is 0 Å². The first-order valence-electron chi connectivity index (χ1n) is 9.12. The zero-order valence-electron chi connectivity index (χ0n) is 15.4. The molecule has 3 N–H and O–H groups in total. The molecule has 142 valence electrons. The minimum absolute atomic E-state index is 0.194. The first-order chi connectivity index (χ1) is 13.0. The fraction of sp³-hybridized carbons (Fsp3) is 0.286. The van der Waals surface area contributed by atoms with Crippen LogP contribution in [0.15, 0.2) is 42.6 Å². The van der Waals surface area contributed by atoms with E-state index in [1.165, 1.54) is 24.4 Å². The minimum atomic E-state index is -0.415. The minimum Gasteiger partial charge on any atom is -0.380 e. The predicted molar refractivity (Wildman–Crippen MR) is 106 cm³/mol. The highest BCUT2D eigenvalue weighted by atomic mass is 19.1. The number of benzene rings is 2. The maximum absolute atomic E-state index is 14.3. The number of unbranched alkanes of at least 4 members (excludes halogenated alkanes) is 1. The summed E-state index contributed by atoms with van der Waals surface area (Å²) in [6.45, 7) is 4.16. The van der Waals surface area contributed by atoms with Crippen molar-refractivity contribution in [1.82, 2.24) is 0 Å². The van der Waals surface area contributed by atoms with Gasteiger partial charge < -0.3 is 16.0 Å². The summed E-state index contributed by atoms with van der Waals surface area (Å²) in [5.74, 6) is -1.10. The molecule has 1 aliphatic heterocycles. The van der Waals surface area contributed by atoms with Crippen LogP contribution in [-0.2, 0) is 4.79 Å². The summed E-state index contributed by atoms with van der Waals surface area (Å²) in [6, 6.07) is 9.11. The van der Waals surface area contributed by atoms with E-state index in [4.69, 9.17) is 0 Å². The van der Waals surface area contributed by atoms with Gasteiger partial charge in [0.05, 0.1) is 16.9 Å². The van der Waals surface area contributed by atoms with Crippen molar-refractivity contribution in [3.05, 3.63) is 59.8 Å². The van der Waals surface area contributed by atoms with Gasteiger partial charge in [0.15, 0.2) is 0 Å². The molecular weight excluding hydrogens is 348 g/mol. The van der Waals surface area contributed by atoms with Crippen molar-refractivity contribution in [3.8, 4) is 0 Å². The molecule has 0 radical (unpaired) electrons. The maximum atomic E-state index is 14.3. The van der Waals surface area contributed by atoms with Crippen LogP contribution in [0.2, 0.25) is 0 Å². The molecule has 1 aliphatic rings. The maximum Gasteiger partial charge on any atom is 0.257 e. The lowest BCUT2D eigenvalue weighted by Gasteiger charge is -2.16. The Morgan fingerprint density at radius 1 is 1.19 bits per heavy atom. The van der Waals surface area contributed by atoms with Crippen LogP contribution in [0.25, 0.3) is 5.57 Å². The number of fused-ring (bicyclic) bond motifs is 1. The first kappa shape index (κ1) is 18.9. The van der Waals surface area contributed by atoms with Crippen LogP contribution in [0.4, 0.5) is 25.8 Å². The third-order valence-corrected chi connectivity index (χ3v) is 4.51. The van der Waals surface area contributed by atoms with Crippen LogP contribution in [0.5, 0.6) is 0 Å². The molecule has 2 aromatic rings. The Hall–Kier alpha value is -2.89. The van der Waals surface area contributed by atoms with Gasteiger partial charge in [-0.25, -0.2) is 8.78 Å². The molecule has 0 spiro atoms. The monoisotopic (exact) mass is 371 g/mol. The third-order valence-electron chi connectivity index (χ3n) is 4.51. The Morgan fingerprint density at radius 3 is 2.74 bits per heavy atom. The molecule has 0 saturated carbocycles. The lowest BCUT2D eigenvalue weighted by atomic mass is 10.1. The number of carbonyl (C=O) groups excluding carboxylic acids is 1. The fourth-order valence-corrected chi connectivity index (χ4v) is 3.04. The average Bonchev–Trinajstić information content (AvgIpc) is 2.94. The summed E-state index contributed by atoms with van der Waals surface area (Å²) in [5, 5.41) is 8.73. The molecule has 3 rings (SSSR count). The Morgan fingerprint density at radius 2 is 2.00 bits per heavy atom. The molecular formula is C21H23F2N3O. The molecule has 0 saturated heterocycles. The second-order valence-electron chi connectivity index (χ2n) is 6.73. The summed E-state index contributed by atoms with van der Waals surface area (Å²) in [6.07, 6.45) is 4.69. The van der Waals surface area contributed by atoms with Gasteiger partial charge in [0.25, 0.3) is 5.91 Å². The van der Waals surface area contributed by atoms with Gasteiger partial charge in [0.1, 0.15) is 11.6 Å². The third kappa shape index (κ3) is 4.45. The SMILES string of the molecule is CCCCC(C)Nc1ccc(NC=C2C(=O)Nc3cc(F)ccc32)cc1F. The van der Waals surface area contributed by atoms with Gasteiger partial charge in [0.2, 0.25) is 0 Å². The second-order valence-corrected chi connectivity index (χ2v) is 6.73. The zero-order chi connectivity index (χ0) is 19.4. The highest BCUT2D eigenvalue weighted by Gasteiger charge is 2.24. The number of amides is 1.